The van der Waals surface area contributed by atoms with Crippen LogP contribution in [-0.4, -0.2) is 15.7 Å². The number of nitrogens with zero attached hydrogens (tertiary/aromatic N) is 2. The fourth-order valence-corrected chi connectivity index (χ4v) is 1.72. The van der Waals surface area contributed by atoms with Gasteiger partial charge in [0.1, 0.15) is 6.54 Å². The number of benzene rings is 1. The van der Waals surface area contributed by atoms with Gasteiger partial charge < -0.3 is 5.32 Å². The summed E-state index contributed by atoms with van der Waals surface area (Å²) in [5, 5.41) is 6.94. The molecule has 4 nitrogen and oxygen atoms in total. The summed E-state index contributed by atoms with van der Waals surface area (Å²) < 4.78 is 1.68. The number of carbonyl (C=O) groups is 1. The van der Waals surface area contributed by atoms with E-state index in [1.54, 1.807) is 10.9 Å². The number of aryl methyl sites for hydroxylation is 2. The van der Waals surface area contributed by atoms with E-state index in [2.05, 4.69) is 17.3 Å². The fourth-order valence-electron chi connectivity index (χ4n) is 1.72. The van der Waals surface area contributed by atoms with Crippen LogP contribution in [0.3, 0.4) is 0 Å². The van der Waals surface area contributed by atoms with Crippen LogP contribution in [0.1, 0.15) is 18.2 Å². The van der Waals surface area contributed by atoms with Crippen molar-refractivity contribution < 1.29 is 4.79 Å². The third kappa shape index (κ3) is 2.97. The highest BCUT2D eigenvalue weighted by atomic mass is 16.2. The maximum Gasteiger partial charge on any atom is 0.246 e. The lowest BCUT2D eigenvalue weighted by Crippen LogP contribution is -2.20. The average Bonchev–Trinajstić information content (AvgIpc) is 2.76. The Kier molecular flexibility index (Phi) is 3.77. The third-order valence-corrected chi connectivity index (χ3v) is 2.87. The molecule has 0 saturated heterocycles. The van der Waals surface area contributed by atoms with Crippen molar-refractivity contribution in [3.8, 4) is 0 Å². The first-order valence-corrected chi connectivity index (χ1v) is 6.06. The minimum atomic E-state index is -0.0638. The molecule has 0 atom stereocenters. The van der Waals surface area contributed by atoms with Crippen molar-refractivity contribution in [2.24, 2.45) is 0 Å². The van der Waals surface area contributed by atoms with E-state index in [0.717, 1.165) is 17.8 Å². The SMILES string of the molecule is CCc1ccc(NC(=O)Cn2nccc2C)cc1. The smallest absolute Gasteiger partial charge is 0.246 e. The number of hydrogen-bond donors (Lipinski definition) is 1. The second kappa shape index (κ2) is 5.49. The zero-order valence-electron chi connectivity index (χ0n) is 10.7. The number of anilines is 1. The molecule has 0 unspecified atom stereocenters. The van der Waals surface area contributed by atoms with Gasteiger partial charge in [-0.25, -0.2) is 0 Å². The summed E-state index contributed by atoms with van der Waals surface area (Å²) in [5.74, 6) is -0.0638. The zero-order valence-corrected chi connectivity index (χ0v) is 10.7. The van der Waals surface area contributed by atoms with Gasteiger partial charge in [0.2, 0.25) is 5.91 Å². The lowest BCUT2D eigenvalue weighted by atomic mass is 10.1. The highest BCUT2D eigenvalue weighted by Gasteiger charge is 2.05. The maximum absolute atomic E-state index is 11.8. The molecule has 0 bridgehead atoms. The van der Waals surface area contributed by atoms with Gasteiger partial charge in [-0.05, 0) is 37.1 Å². The molecule has 18 heavy (non-hydrogen) atoms. The highest BCUT2D eigenvalue weighted by molar-refractivity contribution is 5.90. The molecule has 0 saturated carbocycles. The number of rotatable bonds is 4. The average molecular weight is 243 g/mol. The van der Waals surface area contributed by atoms with Gasteiger partial charge in [0.05, 0.1) is 0 Å². The summed E-state index contributed by atoms with van der Waals surface area (Å²) in [6.07, 6.45) is 2.69. The van der Waals surface area contributed by atoms with Gasteiger partial charge in [-0.3, -0.25) is 9.48 Å². The predicted octanol–water partition coefficient (Wildman–Crippen LogP) is 2.39. The molecule has 2 rings (SSSR count). The molecule has 0 radical (unpaired) electrons. The Balaban J connectivity index is 1.96. The predicted molar refractivity (Wildman–Crippen MR) is 71.4 cm³/mol. The van der Waals surface area contributed by atoms with Crippen LogP contribution in [0, 0.1) is 6.92 Å². The van der Waals surface area contributed by atoms with Crippen molar-refractivity contribution in [1.29, 1.82) is 0 Å². The van der Waals surface area contributed by atoms with Crippen LogP contribution in [0.25, 0.3) is 0 Å². The van der Waals surface area contributed by atoms with Gasteiger partial charge in [-0.1, -0.05) is 19.1 Å². The Morgan fingerprint density at radius 3 is 2.56 bits per heavy atom. The largest absolute Gasteiger partial charge is 0.324 e. The van der Waals surface area contributed by atoms with Crippen LogP contribution in [0.4, 0.5) is 5.69 Å². The van der Waals surface area contributed by atoms with E-state index in [-0.39, 0.29) is 12.5 Å². The van der Waals surface area contributed by atoms with Crippen LogP contribution in [0.5, 0.6) is 0 Å². The van der Waals surface area contributed by atoms with Crippen molar-refractivity contribution in [3.05, 3.63) is 47.8 Å². The Labute approximate surface area is 107 Å². The maximum atomic E-state index is 11.8. The molecule has 0 fully saturated rings. The summed E-state index contributed by atoms with van der Waals surface area (Å²) in [6.45, 7) is 4.28. The Hall–Kier alpha value is -2.10. The Morgan fingerprint density at radius 1 is 1.28 bits per heavy atom. The second-order valence-electron chi connectivity index (χ2n) is 4.23. The van der Waals surface area contributed by atoms with E-state index < -0.39 is 0 Å². The van der Waals surface area contributed by atoms with Crippen LogP contribution in [0.15, 0.2) is 36.5 Å². The van der Waals surface area contributed by atoms with E-state index in [4.69, 9.17) is 0 Å². The molecule has 1 N–H and O–H groups in total. The molecule has 2 aromatic rings. The summed E-state index contributed by atoms with van der Waals surface area (Å²) in [7, 11) is 0. The van der Waals surface area contributed by atoms with Crippen molar-refractivity contribution in [1.82, 2.24) is 9.78 Å². The molecule has 0 aliphatic carbocycles. The van der Waals surface area contributed by atoms with Gasteiger partial charge in [-0.2, -0.15) is 5.10 Å². The molecule has 1 amide bonds. The number of nitrogens with one attached hydrogen (secondary N) is 1. The summed E-state index contributed by atoms with van der Waals surface area (Å²) in [5.41, 5.74) is 3.06. The molecule has 1 aromatic carbocycles. The van der Waals surface area contributed by atoms with Crippen molar-refractivity contribution in [2.75, 3.05) is 5.32 Å². The normalized spacial score (nSPS) is 10.3. The quantitative estimate of drug-likeness (QED) is 0.896. The van der Waals surface area contributed by atoms with Crippen LogP contribution in [0.2, 0.25) is 0 Å². The van der Waals surface area contributed by atoms with E-state index in [9.17, 15) is 4.79 Å². The van der Waals surface area contributed by atoms with Gasteiger partial charge in [-0.15, -0.1) is 0 Å². The summed E-state index contributed by atoms with van der Waals surface area (Å²) in [4.78, 5) is 11.8. The van der Waals surface area contributed by atoms with Gasteiger partial charge in [0.25, 0.3) is 0 Å². The highest BCUT2D eigenvalue weighted by Crippen LogP contribution is 2.10. The molecule has 1 aromatic heterocycles. The first kappa shape index (κ1) is 12.4. The van der Waals surface area contributed by atoms with E-state index >= 15 is 0 Å². The molecule has 1 heterocycles. The minimum Gasteiger partial charge on any atom is -0.324 e. The number of hydrogen-bond acceptors (Lipinski definition) is 2. The monoisotopic (exact) mass is 243 g/mol. The molecular weight excluding hydrogens is 226 g/mol. The molecule has 0 aliphatic heterocycles. The first-order valence-electron chi connectivity index (χ1n) is 6.06. The van der Waals surface area contributed by atoms with E-state index in [1.165, 1.54) is 5.56 Å². The lowest BCUT2D eigenvalue weighted by molar-refractivity contribution is -0.116. The summed E-state index contributed by atoms with van der Waals surface area (Å²) in [6, 6.07) is 9.77. The van der Waals surface area contributed by atoms with Gasteiger partial charge in [0.15, 0.2) is 0 Å². The lowest BCUT2D eigenvalue weighted by Gasteiger charge is -2.07. The summed E-state index contributed by atoms with van der Waals surface area (Å²) >= 11 is 0. The van der Waals surface area contributed by atoms with Crippen molar-refractivity contribution in [2.45, 2.75) is 26.8 Å². The van der Waals surface area contributed by atoms with E-state index in [1.807, 2.05) is 37.3 Å². The zero-order chi connectivity index (χ0) is 13.0. The Bertz CT molecular complexity index is 528. The number of aromatic nitrogens is 2. The van der Waals surface area contributed by atoms with Crippen molar-refractivity contribution >= 4 is 11.6 Å². The molecule has 4 heteroatoms. The first-order chi connectivity index (χ1) is 8.69. The fraction of sp³-hybridized carbons (Fsp3) is 0.286. The van der Waals surface area contributed by atoms with Crippen molar-refractivity contribution in [3.63, 3.8) is 0 Å². The molecule has 0 aliphatic rings. The molecule has 0 spiro atoms. The van der Waals surface area contributed by atoms with E-state index in [0.29, 0.717) is 0 Å². The minimum absolute atomic E-state index is 0.0638. The topological polar surface area (TPSA) is 46.9 Å². The second-order valence-corrected chi connectivity index (χ2v) is 4.23. The molecule has 94 valence electrons. The van der Waals surface area contributed by atoms with Crippen LogP contribution >= 0.6 is 0 Å². The van der Waals surface area contributed by atoms with Gasteiger partial charge in [0, 0.05) is 17.6 Å². The third-order valence-electron chi connectivity index (χ3n) is 2.87. The molecular formula is C14H17N3O. The standard InChI is InChI=1S/C14H17N3O/c1-3-12-4-6-13(7-5-12)16-14(18)10-17-11(2)8-9-15-17/h4-9H,3,10H2,1-2H3,(H,16,18). The van der Waals surface area contributed by atoms with Crippen LogP contribution < -0.4 is 5.32 Å². The van der Waals surface area contributed by atoms with Gasteiger partial charge >= 0.3 is 0 Å². The van der Waals surface area contributed by atoms with Crippen LogP contribution in [-0.2, 0) is 17.8 Å². The number of carbonyl (C=O) groups excluding carboxylic acids is 1. The Morgan fingerprint density at radius 2 is 2.00 bits per heavy atom. The number of amides is 1.